The molecule has 1 saturated heterocycles. The van der Waals surface area contributed by atoms with Gasteiger partial charge in [-0.2, -0.15) is 18.4 Å². The van der Waals surface area contributed by atoms with Crippen molar-refractivity contribution in [1.29, 1.82) is 5.26 Å². The monoisotopic (exact) mass is 393 g/mol. The molecule has 8 nitrogen and oxygen atoms in total. The smallest absolute Gasteiger partial charge is 0.348 e. The summed E-state index contributed by atoms with van der Waals surface area (Å²) in [6, 6.07) is 2.54. The molecule has 0 aromatic carbocycles. The molecule has 1 aliphatic rings. The maximum atomic E-state index is 13.3. The molecular formula is C17H18F3N7O. The Morgan fingerprint density at radius 2 is 2.07 bits per heavy atom. The quantitative estimate of drug-likeness (QED) is 0.793. The molecular weight excluding hydrogens is 375 g/mol. The highest BCUT2D eigenvalue weighted by atomic mass is 19.4. The molecule has 1 N–H and O–H groups in total. The van der Waals surface area contributed by atoms with E-state index < -0.39 is 17.8 Å². The topological polar surface area (TPSA) is 99.7 Å². The number of rotatable bonds is 4. The summed E-state index contributed by atoms with van der Waals surface area (Å²) in [7, 11) is 1.60. The largest absolute Gasteiger partial charge is 0.433 e. The standard InChI is InChI=1S/C17H18F3N7O/c1-26-10-22-9-13(26)15-24-12(8-14(25-15)17(18,19)20)16(28)23-11-2-5-27(6-3-11)7-4-21/h8-11H,2-3,5-7H2,1H3,(H,23,28). The molecule has 0 aliphatic carbocycles. The van der Waals surface area contributed by atoms with Crippen molar-refractivity contribution >= 4 is 5.91 Å². The van der Waals surface area contributed by atoms with Crippen LogP contribution in [-0.4, -0.2) is 56.0 Å². The van der Waals surface area contributed by atoms with Gasteiger partial charge in [0.15, 0.2) is 5.82 Å². The first kappa shape index (κ1) is 19.8. The Labute approximate surface area is 159 Å². The summed E-state index contributed by atoms with van der Waals surface area (Å²) >= 11 is 0. The summed E-state index contributed by atoms with van der Waals surface area (Å²) in [6.07, 6.45) is -0.748. The third-order valence-corrected chi connectivity index (χ3v) is 4.51. The lowest BCUT2D eigenvalue weighted by molar-refractivity contribution is -0.141. The number of aryl methyl sites for hydroxylation is 1. The molecule has 1 aliphatic heterocycles. The Balaban J connectivity index is 1.82. The molecule has 11 heteroatoms. The van der Waals surface area contributed by atoms with Crippen LogP contribution in [0.3, 0.4) is 0 Å². The third kappa shape index (κ3) is 4.45. The van der Waals surface area contributed by atoms with Gasteiger partial charge in [-0.25, -0.2) is 15.0 Å². The molecule has 2 aromatic rings. The lowest BCUT2D eigenvalue weighted by atomic mass is 10.0. The van der Waals surface area contributed by atoms with Crippen molar-refractivity contribution in [1.82, 2.24) is 29.7 Å². The Morgan fingerprint density at radius 1 is 1.36 bits per heavy atom. The van der Waals surface area contributed by atoms with Crippen LogP contribution >= 0.6 is 0 Å². The fourth-order valence-corrected chi connectivity index (χ4v) is 2.99. The highest BCUT2D eigenvalue weighted by Crippen LogP contribution is 2.29. The van der Waals surface area contributed by atoms with Crippen molar-refractivity contribution in [2.24, 2.45) is 7.05 Å². The lowest BCUT2D eigenvalue weighted by Crippen LogP contribution is -2.45. The highest BCUT2D eigenvalue weighted by Gasteiger charge is 2.35. The van der Waals surface area contributed by atoms with Gasteiger partial charge in [-0.05, 0) is 12.8 Å². The zero-order chi connectivity index (χ0) is 20.3. The number of nitriles is 1. The predicted octanol–water partition coefficient (Wildman–Crippen LogP) is 1.61. The lowest BCUT2D eigenvalue weighted by Gasteiger charge is -2.30. The van der Waals surface area contributed by atoms with E-state index in [2.05, 4.69) is 26.3 Å². The van der Waals surface area contributed by atoms with Gasteiger partial charge in [0.25, 0.3) is 5.91 Å². The molecule has 3 heterocycles. The van der Waals surface area contributed by atoms with Crippen LogP contribution in [0.2, 0.25) is 0 Å². The van der Waals surface area contributed by atoms with E-state index in [0.29, 0.717) is 38.5 Å². The molecule has 0 unspecified atom stereocenters. The van der Waals surface area contributed by atoms with E-state index in [9.17, 15) is 18.0 Å². The number of halogens is 3. The first-order valence-corrected chi connectivity index (χ1v) is 8.61. The summed E-state index contributed by atoms with van der Waals surface area (Å²) in [5, 5.41) is 11.5. The number of hydrogen-bond acceptors (Lipinski definition) is 6. The van der Waals surface area contributed by atoms with Gasteiger partial charge in [0.2, 0.25) is 0 Å². The first-order valence-electron chi connectivity index (χ1n) is 8.61. The van der Waals surface area contributed by atoms with Crippen molar-refractivity contribution < 1.29 is 18.0 Å². The van der Waals surface area contributed by atoms with Crippen molar-refractivity contribution in [3.05, 3.63) is 30.0 Å². The number of likely N-dealkylation sites (tertiary alicyclic amines) is 1. The van der Waals surface area contributed by atoms with Gasteiger partial charge in [0.1, 0.15) is 17.1 Å². The molecule has 28 heavy (non-hydrogen) atoms. The zero-order valence-electron chi connectivity index (χ0n) is 15.1. The zero-order valence-corrected chi connectivity index (χ0v) is 15.1. The number of nitrogens with zero attached hydrogens (tertiary/aromatic N) is 6. The molecule has 0 radical (unpaired) electrons. The maximum Gasteiger partial charge on any atom is 0.433 e. The predicted molar refractivity (Wildman–Crippen MR) is 91.8 cm³/mol. The molecule has 1 fully saturated rings. The van der Waals surface area contributed by atoms with Gasteiger partial charge in [0.05, 0.1) is 25.1 Å². The normalized spacial score (nSPS) is 16.0. The Bertz CT molecular complexity index is 895. The third-order valence-electron chi connectivity index (χ3n) is 4.51. The second kappa shape index (κ2) is 7.93. The van der Waals surface area contributed by atoms with Crippen LogP contribution in [0.5, 0.6) is 0 Å². The van der Waals surface area contributed by atoms with E-state index in [1.165, 1.54) is 17.1 Å². The van der Waals surface area contributed by atoms with Gasteiger partial charge in [-0.1, -0.05) is 0 Å². The average Bonchev–Trinajstić information content (AvgIpc) is 3.08. The number of carbonyl (C=O) groups is 1. The number of carbonyl (C=O) groups excluding carboxylic acids is 1. The van der Waals surface area contributed by atoms with E-state index in [1.54, 1.807) is 7.05 Å². The molecule has 0 atom stereocenters. The summed E-state index contributed by atoms with van der Waals surface area (Å²) in [5.41, 5.74) is -1.27. The fraction of sp³-hybridized carbons (Fsp3) is 0.471. The summed E-state index contributed by atoms with van der Waals surface area (Å²) < 4.78 is 41.2. The minimum absolute atomic E-state index is 0.188. The number of piperidine rings is 1. The van der Waals surface area contributed by atoms with E-state index in [0.717, 1.165) is 0 Å². The Morgan fingerprint density at radius 3 is 2.64 bits per heavy atom. The molecule has 148 valence electrons. The SMILES string of the molecule is Cn1cncc1-c1nc(C(=O)NC2CCN(CC#N)CC2)cc(C(F)(F)F)n1. The van der Waals surface area contributed by atoms with Crippen LogP contribution in [0.4, 0.5) is 13.2 Å². The Kier molecular flexibility index (Phi) is 5.60. The molecule has 0 bridgehead atoms. The molecule has 0 saturated carbocycles. The van der Waals surface area contributed by atoms with E-state index in [1.807, 2.05) is 4.90 Å². The number of amides is 1. The molecule has 2 aromatic heterocycles. The van der Waals surface area contributed by atoms with Gasteiger partial charge in [-0.3, -0.25) is 9.69 Å². The number of aromatic nitrogens is 4. The highest BCUT2D eigenvalue weighted by molar-refractivity contribution is 5.93. The van der Waals surface area contributed by atoms with Gasteiger partial charge in [-0.15, -0.1) is 0 Å². The van der Waals surface area contributed by atoms with E-state index in [-0.39, 0.29) is 23.3 Å². The Hall–Kier alpha value is -3.00. The first-order chi connectivity index (χ1) is 13.3. The van der Waals surface area contributed by atoms with E-state index >= 15 is 0 Å². The number of nitrogens with one attached hydrogen (secondary N) is 1. The van der Waals surface area contributed by atoms with Gasteiger partial charge in [0, 0.05) is 32.2 Å². The minimum Gasteiger partial charge on any atom is -0.348 e. The van der Waals surface area contributed by atoms with Crippen LogP contribution in [-0.2, 0) is 13.2 Å². The second-order valence-corrected chi connectivity index (χ2v) is 6.53. The minimum atomic E-state index is -4.71. The van der Waals surface area contributed by atoms with Crippen molar-refractivity contribution in [3.63, 3.8) is 0 Å². The summed E-state index contributed by atoms with van der Waals surface area (Å²) in [6.45, 7) is 1.59. The second-order valence-electron chi connectivity index (χ2n) is 6.53. The maximum absolute atomic E-state index is 13.3. The summed E-state index contributed by atoms with van der Waals surface area (Å²) in [4.78, 5) is 25.9. The van der Waals surface area contributed by atoms with Crippen molar-refractivity contribution in [3.8, 4) is 17.6 Å². The molecule has 0 spiro atoms. The fourth-order valence-electron chi connectivity index (χ4n) is 2.99. The number of alkyl halides is 3. The van der Waals surface area contributed by atoms with E-state index in [4.69, 9.17) is 5.26 Å². The van der Waals surface area contributed by atoms with Gasteiger partial charge < -0.3 is 9.88 Å². The van der Waals surface area contributed by atoms with Crippen LogP contribution in [0.25, 0.3) is 11.5 Å². The van der Waals surface area contributed by atoms with Crippen LogP contribution in [0.15, 0.2) is 18.6 Å². The summed E-state index contributed by atoms with van der Waals surface area (Å²) in [5.74, 6) is -0.904. The number of imidazole rings is 1. The molecule has 3 rings (SSSR count). The average molecular weight is 393 g/mol. The van der Waals surface area contributed by atoms with Crippen LogP contribution in [0, 0.1) is 11.3 Å². The van der Waals surface area contributed by atoms with Crippen LogP contribution in [0.1, 0.15) is 29.0 Å². The molecule has 1 amide bonds. The number of hydrogen-bond donors (Lipinski definition) is 1. The van der Waals surface area contributed by atoms with Crippen molar-refractivity contribution in [2.75, 3.05) is 19.6 Å². The van der Waals surface area contributed by atoms with Gasteiger partial charge >= 0.3 is 6.18 Å². The van der Waals surface area contributed by atoms with Crippen molar-refractivity contribution in [2.45, 2.75) is 25.1 Å². The van der Waals surface area contributed by atoms with Crippen LogP contribution < -0.4 is 5.32 Å².